The molecule has 0 aromatic heterocycles. The van der Waals surface area contributed by atoms with Gasteiger partial charge in [-0.1, -0.05) is 19.9 Å². The Labute approximate surface area is 115 Å². The molecular weight excluding hydrogens is 268 g/mol. The van der Waals surface area contributed by atoms with Gasteiger partial charge < -0.3 is 10.4 Å². The number of carboxylic acids is 1. The van der Waals surface area contributed by atoms with Gasteiger partial charge in [-0.05, 0) is 19.4 Å². The molecule has 0 fully saturated rings. The second-order valence-corrected chi connectivity index (χ2v) is 6.18. The summed E-state index contributed by atoms with van der Waals surface area (Å²) in [6.07, 6.45) is 4.04. The standard InChI is InChI=1S/C12H24N2O4S/c1-4-11(12(15)16)7-9-13-8-6-10-14(5-2)19(3,17)18/h7,13H,4-6,8-10H2,1-3H3,(H,15,16)/b11-7-. The maximum Gasteiger partial charge on any atom is 0.331 e. The molecule has 2 N–H and O–H groups in total. The maximum atomic E-state index is 11.3. The van der Waals surface area contributed by atoms with Crippen LogP contribution in [-0.2, 0) is 14.8 Å². The van der Waals surface area contributed by atoms with E-state index in [1.165, 1.54) is 10.6 Å². The minimum Gasteiger partial charge on any atom is -0.478 e. The lowest BCUT2D eigenvalue weighted by Crippen LogP contribution is -2.32. The molecule has 0 aliphatic carbocycles. The first-order valence-corrected chi connectivity index (χ1v) is 8.25. The molecule has 0 aromatic carbocycles. The lowest BCUT2D eigenvalue weighted by Gasteiger charge is -2.17. The third-order valence-electron chi connectivity index (χ3n) is 2.73. The van der Waals surface area contributed by atoms with Crippen LogP contribution in [0.25, 0.3) is 0 Å². The van der Waals surface area contributed by atoms with Gasteiger partial charge in [0, 0.05) is 25.2 Å². The molecule has 0 spiro atoms. The highest BCUT2D eigenvalue weighted by atomic mass is 32.2. The van der Waals surface area contributed by atoms with Gasteiger partial charge in [0.05, 0.1) is 6.26 Å². The van der Waals surface area contributed by atoms with E-state index in [9.17, 15) is 13.2 Å². The highest BCUT2D eigenvalue weighted by molar-refractivity contribution is 7.88. The van der Waals surface area contributed by atoms with Crippen molar-refractivity contribution in [1.29, 1.82) is 0 Å². The minimum atomic E-state index is -3.12. The molecule has 0 bridgehead atoms. The molecule has 0 aliphatic heterocycles. The Bertz CT molecular complexity index is 404. The summed E-state index contributed by atoms with van der Waals surface area (Å²) in [6, 6.07) is 0. The predicted octanol–water partition coefficient (Wildman–Crippen LogP) is 0.669. The van der Waals surface area contributed by atoms with Crippen molar-refractivity contribution in [3.8, 4) is 0 Å². The number of rotatable bonds is 10. The smallest absolute Gasteiger partial charge is 0.331 e. The summed E-state index contributed by atoms with van der Waals surface area (Å²) in [6.45, 7) is 5.69. The van der Waals surface area contributed by atoms with Crippen LogP contribution in [0.15, 0.2) is 11.6 Å². The average Bonchev–Trinajstić information content (AvgIpc) is 2.30. The molecule has 0 saturated carbocycles. The molecule has 7 heteroatoms. The predicted molar refractivity (Wildman–Crippen MR) is 75.6 cm³/mol. The van der Waals surface area contributed by atoms with E-state index in [1.807, 2.05) is 0 Å². The fourth-order valence-corrected chi connectivity index (χ4v) is 2.55. The van der Waals surface area contributed by atoms with Crippen molar-refractivity contribution < 1.29 is 18.3 Å². The Morgan fingerprint density at radius 1 is 1.37 bits per heavy atom. The first-order chi connectivity index (χ1) is 8.82. The van der Waals surface area contributed by atoms with E-state index in [-0.39, 0.29) is 0 Å². The van der Waals surface area contributed by atoms with Crippen molar-refractivity contribution in [3.05, 3.63) is 11.6 Å². The van der Waals surface area contributed by atoms with Crippen LogP contribution in [0.5, 0.6) is 0 Å². The first kappa shape index (κ1) is 18.1. The van der Waals surface area contributed by atoms with Gasteiger partial charge in [0.15, 0.2) is 0 Å². The zero-order valence-electron chi connectivity index (χ0n) is 11.8. The van der Waals surface area contributed by atoms with E-state index < -0.39 is 16.0 Å². The largest absolute Gasteiger partial charge is 0.478 e. The number of aliphatic carboxylic acids is 1. The van der Waals surface area contributed by atoms with Crippen LogP contribution in [0.3, 0.4) is 0 Å². The van der Waals surface area contributed by atoms with Gasteiger partial charge in [-0.2, -0.15) is 0 Å². The summed E-state index contributed by atoms with van der Waals surface area (Å²) in [4.78, 5) is 10.7. The molecule has 112 valence electrons. The molecule has 0 amide bonds. The Morgan fingerprint density at radius 3 is 2.42 bits per heavy atom. The van der Waals surface area contributed by atoms with E-state index in [0.717, 1.165) is 0 Å². The van der Waals surface area contributed by atoms with Crippen LogP contribution in [0.2, 0.25) is 0 Å². The summed E-state index contributed by atoms with van der Waals surface area (Å²) in [5, 5.41) is 11.9. The van der Waals surface area contributed by atoms with Crippen molar-refractivity contribution in [1.82, 2.24) is 9.62 Å². The van der Waals surface area contributed by atoms with Gasteiger partial charge >= 0.3 is 5.97 Å². The van der Waals surface area contributed by atoms with E-state index in [1.54, 1.807) is 19.9 Å². The molecule has 0 unspecified atom stereocenters. The number of hydrogen-bond donors (Lipinski definition) is 2. The Balaban J connectivity index is 3.91. The summed E-state index contributed by atoms with van der Waals surface area (Å²) < 4.78 is 24.0. The topological polar surface area (TPSA) is 86.7 Å². The molecule has 0 saturated heterocycles. The minimum absolute atomic E-state index is 0.388. The molecule has 0 aromatic rings. The van der Waals surface area contributed by atoms with E-state index >= 15 is 0 Å². The van der Waals surface area contributed by atoms with Crippen molar-refractivity contribution >= 4 is 16.0 Å². The van der Waals surface area contributed by atoms with Crippen LogP contribution in [0, 0.1) is 0 Å². The quantitative estimate of drug-likeness (QED) is 0.456. The lowest BCUT2D eigenvalue weighted by molar-refractivity contribution is -0.132. The number of carboxylic acid groups (broad SMARTS) is 1. The molecule has 19 heavy (non-hydrogen) atoms. The van der Waals surface area contributed by atoms with Crippen molar-refractivity contribution in [2.45, 2.75) is 26.7 Å². The van der Waals surface area contributed by atoms with Crippen LogP contribution in [0.1, 0.15) is 26.7 Å². The van der Waals surface area contributed by atoms with E-state index in [2.05, 4.69) is 5.32 Å². The van der Waals surface area contributed by atoms with Gasteiger partial charge in [-0.25, -0.2) is 17.5 Å². The SMILES string of the molecule is CC/C(=C/CNCCCN(CC)S(C)(=O)=O)C(=O)O. The van der Waals surface area contributed by atoms with Crippen LogP contribution < -0.4 is 5.32 Å². The van der Waals surface area contributed by atoms with Gasteiger partial charge in [0.1, 0.15) is 0 Å². The van der Waals surface area contributed by atoms with Crippen LogP contribution in [0.4, 0.5) is 0 Å². The summed E-state index contributed by atoms with van der Waals surface area (Å²) in [7, 11) is -3.12. The monoisotopic (exact) mass is 292 g/mol. The fourth-order valence-electron chi connectivity index (χ4n) is 1.62. The van der Waals surface area contributed by atoms with Gasteiger partial charge in [0.25, 0.3) is 0 Å². The summed E-state index contributed by atoms with van der Waals surface area (Å²) >= 11 is 0. The second kappa shape index (κ2) is 9.06. The van der Waals surface area contributed by atoms with Crippen LogP contribution in [-0.4, -0.2) is 56.2 Å². The molecule has 0 aliphatic rings. The molecule has 0 heterocycles. The third-order valence-corrected chi connectivity index (χ3v) is 4.11. The van der Waals surface area contributed by atoms with Gasteiger partial charge in [-0.15, -0.1) is 0 Å². The Kier molecular flexibility index (Phi) is 8.62. The highest BCUT2D eigenvalue weighted by Gasteiger charge is 2.12. The number of hydrogen-bond acceptors (Lipinski definition) is 4. The van der Waals surface area contributed by atoms with E-state index in [0.29, 0.717) is 44.6 Å². The van der Waals surface area contributed by atoms with Crippen molar-refractivity contribution in [2.75, 3.05) is 32.4 Å². The zero-order valence-corrected chi connectivity index (χ0v) is 12.7. The molecule has 0 atom stereocenters. The van der Waals surface area contributed by atoms with Gasteiger partial charge in [0.2, 0.25) is 10.0 Å². The first-order valence-electron chi connectivity index (χ1n) is 6.41. The average molecular weight is 292 g/mol. The molecular formula is C12H24N2O4S. The van der Waals surface area contributed by atoms with E-state index in [4.69, 9.17) is 5.11 Å². The maximum absolute atomic E-state index is 11.3. The number of nitrogens with one attached hydrogen (secondary N) is 1. The second-order valence-electron chi connectivity index (χ2n) is 4.20. The number of carbonyl (C=O) groups is 1. The molecule has 0 radical (unpaired) electrons. The Morgan fingerprint density at radius 2 is 2.00 bits per heavy atom. The van der Waals surface area contributed by atoms with Crippen LogP contribution >= 0.6 is 0 Å². The number of nitrogens with zero attached hydrogens (tertiary/aromatic N) is 1. The fraction of sp³-hybridized carbons (Fsp3) is 0.750. The molecule has 0 rings (SSSR count). The Hall–Kier alpha value is -0.920. The van der Waals surface area contributed by atoms with Gasteiger partial charge in [-0.3, -0.25) is 0 Å². The summed E-state index contributed by atoms with van der Waals surface area (Å²) in [5.41, 5.74) is 0.388. The molecule has 6 nitrogen and oxygen atoms in total. The summed E-state index contributed by atoms with van der Waals surface area (Å²) in [5.74, 6) is -0.890. The third kappa shape index (κ3) is 7.97. The van der Waals surface area contributed by atoms with Crippen molar-refractivity contribution in [2.24, 2.45) is 0 Å². The normalized spacial score (nSPS) is 12.9. The number of sulfonamides is 1. The zero-order chi connectivity index (χ0) is 14.9. The highest BCUT2D eigenvalue weighted by Crippen LogP contribution is 2.00. The lowest BCUT2D eigenvalue weighted by atomic mass is 10.2. The van der Waals surface area contributed by atoms with Crippen molar-refractivity contribution in [3.63, 3.8) is 0 Å².